The number of hydrogen-bond acceptors (Lipinski definition) is 4. The number of carbonyl (C=O) groups is 1. The van der Waals surface area contributed by atoms with Crippen LogP contribution in [0.1, 0.15) is 49.9 Å². The average molecular weight is 383 g/mol. The van der Waals surface area contributed by atoms with E-state index in [0.29, 0.717) is 6.42 Å². The van der Waals surface area contributed by atoms with Crippen LogP contribution in [0.2, 0.25) is 0 Å². The Balaban J connectivity index is 1.77. The van der Waals surface area contributed by atoms with Crippen LogP contribution in [0.25, 0.3) is 0 Å². The highest BCUT2D eigenvalue weighted by Gasteiger charge is 2.35. The van der Waals surface area contributed by atoms with Gasteiger partial charge in [0.05, 0.1) is 13.2 Å². The maximum absolute atomic E-state index is 12.9. The minimum atomic E-state index is -0.604. The van der Waals surface area contributed by atoms with Crippen LogP contribution in [0, 0.1) is 13.8 Å². The number of hydrogen-bond donors (Lipinski definition) is 1. The third-order valence-electron chi connectivity index (χ3n) is 5.01. The van der Waals surface area contributed by atoms with Gasteiger partial charge in [0.2, 0.25) is 0 Å². The fraction of sp³-hybridized carbons (Fsp3) is 0.435. The van der Waals surface area contributed by atoms with Gasteiger partial charge in [-0.15, -0.1) is 0 Å². The minimum absolute atomic E-state index is 0.148. The molecule has 1 aliphatic rings. The fourth-order valence-electron chi connectivity index (χ4n) is 3.45. The van der Waals surface area contributed by atoms with Gasteiger partial charge >= 0.3 is 0 Å². The molecule has 1 amide bonds. The summed E-state index contributed by atoms with van der Waals surface area (Å²) in [5, 5.41) is 3.14. The van der Waals surface area contributed by atoms with Crippen molar-refractivity contribution in [3.8, 4) is 17.2 Å². The maximum Gasteiger partial charge on any atom is 0.261 e. The van der Waals surface area contributed by atoms with Crippen LogP contribution in [0.4, 0.5) is 0 Å². The highest BCUT2D eigenvalue weighted by molar-refractivity contribution is 5.81. The highest BCUT2D eigenvalue weighted by atomic mass is 16.5. The van der Waals surface area contributed by atoms with Gasteiger partial charge in [-0.2, -0.15) is 0 Å². The van der Waals surface area contributed by atoms with Crippen molar-refractivity contribution in [3.63, 3.8) is 0 Å². The van der Waals surface area contributed by atoms with E-state index < -0.39 is 11.7 Å². The lowest BCUT2D eigenvalue weighted by molar-refractivity contribution is -0.128. The third kappa shape index (κ3) is 4.41. The number of benzene rings is 2. The zero-order valence-electron chi connectivity index (χ0n) is 17.5. The fourth-order valence-corrected chi connectivity index (χ4v) is 3.45. The van der Waals surface area contributed by atoms with Crippen molar-refractivity contribution < 1.29 is 19.0 Å². The Kier molecular flexibility index (Phi) is 5.54. The molecule has 0 saturated heterocycles. The molecule has 2 atom stereocenters. The Morgan fingerprint density at radius 3 is 2.68 bits per heavy atom. The molecule has 0 spiro atoms. The van der Waals surface area contributed by atoms with Crippen molar-refractivity contribution in [2.24, 2.45) is 0 Å². The molecule has 1 aliphatic heterocycles. The number of amides is 1. The number of rotatable bonds is 5. The molecule has 28 heavy (non-hydrogen) atoms. The van der Waals surface area contributed by atoms with E-state index in [4.69, 9.17) is 14.2 Å². The number of nitrogens with one attached hydrogen (secondary N) is 1. The lowest BCUT2D eigenvalue weighted by atomic mass is 9.89. The first-order valence-electron chi connectivity index (χ1n) is 9.60. The van der Waals surface area contributed by atoms with Crippen LogP contribution in [-0.4, -0.2) is 24.7 Å². The smallest absolute Gasteiger partial charge is 0.261 e. The Morgan fingerprint density at radius 2 is 1.96 bits per heavy atom. The van der Waals surface area contributed by atoms with Gasteiger partial charge in [0.25, 0.3) is 5.91 Å². The molecule has 3 rings (SSSR count). The van der Waals surface area contributed by atoms with Crippen LogP contribution in [0.5, 0.6) is 17.2 Å². The van der Waals surface area contributed by atoms with Gasteiger partial charge in [0, 0.05) is 18.1 Å². The molecular weight excluding hydrogens is 354 g/mol. The number of methoxy groups -OCH3 is 1. The predicted molar refractivity (Wildman–Crippen MR) is 109 cm³/mol. The molecule has 0 bridgehead atoms. The summed E-state index contributed by atoms with van der Waals surface area (Å²) in [6, 6.07) is 11.5. The summed E-state index contributed by atoms with van der Waals surface area (Å²) in [6.07, 6.45) is 0.0713. The van der Waals surface area contributed by atoms with Crippen molar-refractivity contribution in [2.45, 2.75) is 58.8 Å². The van der Waals surface area contributed by atoms with Gasteiger partial charge in [0.15, 0.2) is 6.10 Å². The van der Waals surface area contributed by atoms with E-state index in [1.54, 1.807) is 14.0 Å². The Hall–Kier alpha value is -2.69. The monoisotopic (exact) mass is 383 g/mol. The molecule has 2 aromatic carbocycles. The van der Waals surface area contributed by atoms with Gasteiger partial charge in [-0.1, -0.05) is 12.1 Å². The molecule has 2 aromatic rings. The second kappa shape index (κ2) is 7.74. The van der Waals surface area contributed by atoms with Crippen LogP contribution in [0.3, 0.4) is 0 Å². The molecule has 0 fully saturated rings. The van der Waals surface area contributed by atoms with Gasteiger partial charge in [0.1, 0.15) is 22.8 Å². The summed E-state index contributed by atoms with van der Waals surface area (Å²) in [5.41, 5.74) is 2.67. The van der Waals surface area contributed by atoms with Crippen LogP contribution < -0.4 is 19.5 Å². The first-order chi connectivity index (χ1) is 13.2. The second-order valence-electron chi connectivity index (χ2n) is 8.06. The molecule has 5 nitrogen and oxygen atoms in total. The molecule has 0 radical (unpaired) electrons. The highest BCUT2D eigenvalue weighted by Crippen LogP contribution is 2.41. The lowest BCUT2D eigenvalue weighted by Crippen LogP contribution is -2.44. The van der Waals surface area contributed by atoms with Gasteiger partial charge in [-0.05, 0) is 63.9 Å². The summed E-state index contributed by atoms with van der Waals surface area (Å²) in [5.74, 6) is 2.06. The first kappa shape index (κ1) is 20.1. The Bertz CT molecular complexity index is 875. The maximum atomic E-state index is 12.9. The van der Waals surface area contributed by atoms with E-state index in [2.05, 4.69) is 5.32 Å². The molecule has 1 heterocycles. The third-order valence-corrected chi connectivity index (χ3v) is 5.01. The molecule has 5 heteroatoms. The van der Waals surface area contributed by atoms with E-state index in [0.717, 1.165) is 33.9 Å². The number of ether oxygens (including phenoxy) is 3. The Labute approximate surface area is 167 Å². The lowest BCUT2D eigenvalue weighted by Gasteiger charge is -2.38. The van der Waals surface area contributed by atoms with Crippen molar-refractivity contribution >= 4 is 5.91 Å². The molecule has 0 unspecified atom stereocenters. The largest absolute Gasteiger partial charge is 0.497 e. The summed E-state index contributed by atoms with van der Waals surface area (Å²) in [7, 11) is 1.63. The summed E-state index contributed by atoms with van der Waals surface area (Å²) < 4.78 is 17.3. The summed E-state index contributed by atoms with van der Waals surface area (Å²) in [6.45, 7) is 9.79. The van der Waals surface area contributed by atoms with Gasteiger partial charge in [-0.25, -0.2) is 0 Å². The van der Waals surface area contributed by atoms with Crippen molar-refractivity contribution in [1.29, 1.82) is 0 Å². The minimum Gasteiger partial charge on any atom is -0.497 e. The second-order valence-corrected chi connectivity index (χ2v) is 8.06. The Morgan fingerprint density at radius 1 is 1.21 bits per heavy atom. The van der Waals surface area contributed by atoms with E-state index in [-0.39, 0.29) is 11.9 Å². The molecule has 150 valence electrons. The topological polar surface area (TPSA) is 56.8 Å². The summed E-state index contributed by atoms with van der Waals surface area (Å²) >= 11 is 0. The zero-order valence-corrected chi connectivity index (χ0v) is 17.5. The van der Waals surface area contributed by atoms with Crippen LogP contribution in [-0.2, 0) is 4.79 Å². The molecule has 0 aliphatic carbocycles. The number of aryl methyl sites for hydroxylation is 2. The van der Waals surface area contributed by atoms with Crippen molar-refractivity contribution in [1.82, 2.24) is 5.32 Å². The average Bonchev–Trinajstić information content (AvgIpc) is 2.63. The van der Waals surface area contributed by atoms with Crippen molar-refractivity contribution in [2.75, 3.05) is 7.11 Å². The molecule has 0 aromatic heterocycles. The number of fused-ring (bicyclic) bond motifs is 1. The van der Waals surface area contributed by atoms with E-state index in [9.17, 15) is 4.79 Å². The molecule has 1 N–H and O–H groups in total. The van der Waals surface area contributed by atoms with Crippen LogP contribution >= 0.6 is 0 Å². The van der Waals surface area contributed by atoms with E-state index in [1.165, 1.54) is 0 Å². The van der Waals surface area contributed by atoms with E-state index in [1.807, 2.05) is 64.1 Å². The van der Waals surface area contributed by atoms with Crippen LogP contribution in [0.15, 0.2) is 36.4 Å². The normalized spacial score (nSPS) is 18.4. The van der Waals surface area contributed by atoms with Gasteiger partial charge in [-0.3, -0.25) is 4.79 Å². The number of carbonyl (C=O) groups excluding carboxylic acids is 1. The SMILES string of the molecule is COc1ccc2c(c1)OC(C)(C)C[C@@H]2NC(=O)[C@H](C)Oc1cc(C)ccc1C. The quantitative estimate of drug-likeness (QED) is 0.826. The van der Waals surface area contributed by atoms with Crippen molar-refractivity contribution in [3.05, 3.63) is 53.1 Å². The van der Waals surface area contributed by atoms with Gasteiger partial charge < -0.3 is 19.5 Å². The standard InChI is InChI=1S/C23H29NO4/c1-14-7-8-15(2)20(11-14)27-16(3)22(25)24-19-13-23(4,5)28-21-12-17(26-6)9-10-18(19)21/h7-12,16,19H,13H2,1-6H3,(H,24,25)/t16-,19-/m0/s1. The van der Waals surface area contributed by atoms with E-state index >= 15 is 0 Å². The summed E-state index contributed by atoms with van der Waals surface area (Å²) in [4.78, 5) is 12.9. The molecular formula is C23H29NO4. The zero-order chi connectivity index (χ0) is 20.5. The predicted octanol–water partition coefficient (Wildman–Crippen LogP) is 4.50. The molecule has 0 saturated carbocycles. The first-order valence-corrected chi connectivity index (χ1v) is 9.60.